The molecule has 0 saturated carbocycles. The number of hydrogen-bond donors (Lipinski definition) is 6. The van der Waals surface area contributed by atoms with Gasteiger partial charge in [-0.25, -0.2) is 0 Å². The molecule has 78 heavy (non-hydrogen) atoms. The maximum atomic E-state index is 14.8. The van der Waals surface area contributed by atoms with Gasteiger partial charge in [0.2, 0.25) is 35.4 Å². The summed E-state index contributed by atoms with van der Waals surface area (Å²) in [5.41, 5.74) is 4.90. The maximum absolute atomic E-state index is 14.8. The highest BCUT2D eigenvalue weighted by Crippen LogP contribution is 2.36. The van der Waals surface area contributed by atoms with Gasteiger partial charge in [-0.15, -0.1) is 0 Å². The van der Waals surface area contributed by atoms with E-state index in [0.717, 1.165) is 60.8 Å². The molecule has 0 radical (unpaired) electrons. The second kappa shape index (κ2) is 24.5. The number of amides is 6. The van der Waals surface area contributed by atoms with E-state index in [4.69, 9.17) is 9.47 Å². The Morgan fingerprint density at radius 3 is 1.29 bits per heavy atom. The summed E-state index contributed by atoms with van der Waals surface area (Å²) in [4.78, 5) is 88.4. The van der Waals surface area contributed by atoms with Crippen LogP contribution in [0.25, 0.3) is 11.1 Å². The summed E-state index contributed by atoms with van der Waals surface area (Å²) in [6, 6.07) is 26.6. The van der Waals surface area contributed by atoms with E-state index in [9.17, 15) is 28.8 Å². The minimum absolute atomic E-state index is 0.127. The van der Waals surface area contributed by atoms with E-state index in [-0.39, 0.29) is 73.5 Å². The summed E-state index contributed by atoms with van der Waals surface area (Å²) < 4.78 is 13.4. The molecule has 16 heteroatoms. The molecule has 4 aromatic carbocycles. The Morgan fingerprint density at radius 1 is 0.538 bits per heavy atom. The number of fused-ring (bicyclic) bond motifs is 2. The van der Waals surface area contributed by atoms with Crippen LogP contribution in [0, 0.1) is 10.8 Å². The number of likely N-dealkylation sites (tertiary alicyclic amines) is 2. The van der Waals surface area contributed by atoms with Crippen LogP contribution in [0.1, 0.15) is 128 Å². The SMILES string of the molecule is CN[C@@H](C)C(=O)N[C@H](C(=O)N1C[C@@H](Oc2cccc(-c3cccc(O[C@H]4C[C@@H](C(=O)N[C@@H]5CCCc6ccccc65)N(C(=O)[C@@H](NC(=O)[C@H](C)NC)C(C)(C)C)C4)c3)c2)C[C@H]1C(=O)N[C@@H]1CCCc2ccccc21)C(C)(C)C. The van der Waals surface area contributed by atoms with Gasteiger partial charge in [-0.1, -0.05) is 114 Å². The number of likely N-dealkylation sites (N-methyl/N-ethyl adjacent to an activating group) is 2. The van der Waals surface area contributed by atoms with Crippen LogP contribution in [-0.2, 0) is 41.6 Å². The van der Waals surface area contributed by atoms with Gasteiger partial charge < -0.3 is 51.2 Å². The smallest absolute Gasteiger partial charge is 0.246 e. The summed E-state index contributed by atoms with van der Waals surface area (Å²) in [7, 11) is 3.38. The van der Waals surface area contributed by atoms with E-state index in [2.05, 4.69) is 56.2 Å². The number of carbonyl (C=O) groups excluding carboxylic acids is 6. The number of aryl methyl sites for hydroxylation is 2. The van der Waals surface area contributed by atoms with Crippen LogP contribution >= 0.6 is 0 Å². The van der Waals surface area contributed by atoms with Crippen LogP contribution in [-0.4, -0.2) is 121 Å². The predicted molar refractivity (Wildman–Crippen MR) is 301 cm³/mol. The number of nitrogens with one attached hydrogen (secondary N) is 6. The van der Waals surface area contributed by atoms with E-state index in [1.165, 1.54) is 11.1 Å². The van der Waals surface area contributed by atoms with Crippen molar-refractivity contribution in [3.63, 3.8) is 0 Å². The molecule has 4 aliphatic rings. The number of hydrogen-bond acceptors (Lipinski definition) is 10. The van der Waals surface area contributed by atoms with Gasteiger partial charge in [-0.2, -0.15) is 0 Å². The van der Waals surface area contributed by atoms with Crippen molar-refractivity contribution >= 4 is 35.4 Å². The fourth-order valence-electron chi connectivity index (χ4n) is 11.4. The Labute approximate surface area is 460 Å². The first-order chi connectivity index (χ1) is 37.1. The lowest BCUT2D eigenvalue weighted by Gasteiger charge is -2.36. The molecule has 2 aliphatic heterocycles. The normalized spacial score (nSPS) is 22.6. The molecule has 2 aliphatic carbocycles. The third kappa shape index (κ3) is 13.4. The molecule has 6 amide bonds. The lowest BCUT2D eigenvalue weighted by molar-refractivity contribution is -0.144. The standard InChI is InChI=1S/C62H82N8O8/c1-37(63-9)55(71)67-53(61(3,4)5)59(75)69-35-45(33-51(69)57(73)65-49-29-17-21-39-19-11-13-27-47(39)49)77-43-25-15-23-41(31-43)42-24-16-26-44(32-42)78-46-34-52(58(74)66-50-30-18-22-40-20-12-14-28-48(40)50)70(36-46)60(76)54(62(6,7)8)68-56(72)38(2)64-10/h11-16,19-20,23-28,31-32,37-38,45-46,49-54,63-64H,17-18,21-22,29-30,33-36H2,1-10H3,(H,65,73)(H,66,74)(H,67,71)(H,68,72)/t37-,38-,45-,46-,49+,50+,51-,52-,53+,54+/m0/s1. The zero-order valence-corrected chi connectivity index (χ0v) is 47.2. The van der Waals surface area contributed by atoms with Crippen molar-refractivity contribution in [3.05, 3.63) is 119 Å². The van der Waals surface area contributed by atoms with Gasteiger partial charge in [0.05, 0.1) is 37.3 Å². The number of carbonyl (C=O) groups is 6. The molecule has 16 nitrogen and oxygen atoms in total. The van der Waals surface area contributed by atoms with Gasteiger partial charge in [0, 0.05) is 12.8 Å². The molecule has 8 rings (SSSR count). The highest BCUT2D eigenvalue weighted by Gasteiger charge is 2.48. The Balaban J connectivity index is 1.01. The molecule has 418 valence electrons. The molecule has 2 heterocycles. The molecule has 0 spiro atoms. The fraction of sp³-hybridized carbons (Fsp3) is 0.516. The second-order valence-electron chi connectivity index (χ2n) is 24.0. The number of rotatable bonds is 17. The van der Waals surface area contributed by atoms with Crippen LogP contribution in [0.5, 0.6) is 11.5 Å². The maximum Gasteiger partial charge on any atom is 0.246 e. The van der Waals surface area contributed by atoms with E-state index in [0.29, 0.717) is 11.5 Å². The summed E-state index contributed by atoms with van der Waals surface area (Å²) in [5.74, 6) is -0.764. The van der Waals surface area contributed by atoms with Crippen molar-refractivity contribution in [3.8, 4) is 22.6 Å². The van der Waals surface area contributed by atoms with E-state index >= 15 is 0 Å². The molecule has 0 aromatic heterocycles. The van der Waals surface area contributed by atoms with Crippen molar-refractivity contribution in [1.82, 2.24) is 41.7 Å². The molecule has 2 fully saturated rings. The summed E-state index contributed by atoms with van der Waals surface area (Å²) in [6.07, 6.45) is 4.69. The van der Waals surface area contributed by atoms with Crippen molar-refractivity contribution in [2.45, 2.75) is 167 Å². The summed E-state index contributed by atoms with van der Waals surface area (Å²) >= 11 is 0. The largest absolute Gasteiger partial charge is 0.488 e. The van der Waals surface area contributed by atoms with Crippen molar-refractivity contribution in [2.75, 3.05) is 27.2 Å². The first-order valence-electron chi connectivity index (χ1n) is 28.0. The zero-order valence-electron chi connectivity index (χ0n) is 47.2. The topological polar surface area (TPSA) is 200 Å². The molecule has 0 unspecified atom stereocenters. The third-order valence-corrected chi connectivity index (χ3v) is 16.1. The van der Waals surface area contributed by atoms with Crippen LogP contribution in [0.2, 0.25) is 0 Å². The van der Waals surface area contributed by atoms with Crippen LogP contribution < -0.4 is 41.4 Å². The molecular weight excluding hydrogens is 985 g/mol. The molecule has 2 saturated heterocycles. The monoisotopic (exact) mass is 1070 g/mol. The minimum Gasteiger partial charge on any atom is -0.488 e. The first-order valence-corrected chi connectivity index (χ1v) is 28.0. The molecule has 4 aromatic rings. The molecule has 0 bridgehead atoms. The van der Waals surface area contributed by atoms with Crippen LogP contribution in [0.3, 0.4) is 0 Å². The van der Waals surface area contributed by atoms with Gasteiger partial charge >= 0.3 is 0 Å². The van der Waals surface area contributed by atoms with E-state index in [1.54, 1.807) is 37.7 Å². The average molecular weight is 1070 g/mol. The number of nitrogens with zero attached hydrogens (tertiary/aromatic N) is 2. The van der Waals surface area contributed by atoms with E-state index < -0.39 is 59.3 Å². The van der Waals surface area contributed by atoms with Gasteiger partial charge in [0.1, 0.15) is 47.9 Å². The lowest BCUT2D eigenvalue weighted by Crippen LogP contribution is -2.59. The fourth-order valence-corrected chi connectivity index (χ4v) is 11.4. The number of benzene rings is 4. The summed E-state index contributed by atoms with van der Waals surface area (Å²) in [5, 5.41) is 18.5. The van der Waals surface area contributed by atoms with Crippen molar-refractivity contribution < 1.29 is 38.2 Å². The number of ether oxygens (including phenoxy) is 2. The molecule has 10 atom stereocenters. The van der Waals surface area contributed by atoms with Crippen molar-refractivity contribution in [1.29, 1.82) is 0 Å². The highest BCUT2D eigenvalue weighted by molar-refractivity contribution is 5.95. The Bertz CT molecular complexity index is 2640. The van der Waals surface area contributed by atoms with Gasteiger partial charge in [-0.05, 0) is 135 Å². The predicted octanol–water partition coefficient (Wildman–Crippen LogP) is 6.72. The third-order valence-electron chi connectivity index (χ3n) is 16.1. The average Bonchev–Trinajstić information content (AvgIpc) is 4.14. The van der Waals surface area contributed by atoms with Gasteiger partial charge in [0.25, 0.3) is 0 Å². The van der Waals surface area contributed by atoms with E-state index in [1.807, 2.05) is 114 Å². The molecule has 6 N–H and O–H groups in total. The first kappa shape index (κ1) is 57.4. The van der Waals surface area contributed by atoms with Gasteiger partial charge in [0.15, 0.2) is 0 Å². The zero-order chi connectivity index (χ0) is 56.1. The summed E-state index contributed by atoms with van der Waals surface area (Å²) in [6.45, 7) is 15.1. The second-order valence-corrected chi connectivity index (χ2v) is 24.0. The van der Waals surface area contributed by atoms with Crippen LogP contribution in [0.4, 0.5) is 0 Å². The quantitative estimate of drug-likeness (QED) is 0.0661. The Hall–Kier alpha value is -6.78. The minimum atomic E-state index is -0.918. The lowest BCUT2D eigenvalue weighted by atomic mass is 9.85. The van der Waals surface area contributed by atoms with Crippen LogP contribution in [0.15, 0.2) is 97.1 Å². The molecular formula is C62H82N8O8. The highest BCUT2D eigenvalue weighted by atomic mass is 16.5. The Morgan fingerprint density at radius 2 is 0.923 bits per heavy atom. The van der Waals surface area contributed by atoms with Gasteiger partial charge in [-0.3, -0.25) is 28.8 Å². The Kier molecular flexibility index (Phi) is 18.0. The van der Waals surface area contributed by atoms with Crippen molar-refractivity contribution in [2.24, 2.45) is 10.8 Å².